The molecule has 2 atom stereocenters. The zero-order chi connectivity index (χ0) is 14.8. The third-order valence-corrected chi connectivity index (χ3v) is 4.68. The zero-order valence-corrected chi connectivity index (χ0v) is 12.5. The van der Waals surface area contributed by atoms with Crippen LogP contribution in [0.3, 0.4) is 0 Å². The van der Waals surface area contributed by atoms with Crippen molar-refractivity contribution in [1.82, 2.24) is 5.32 Å². The van der Waals surface area contributed by atoms with E-state index in [2.05, 4.69) is 11.2 Å². The van der Waals surface area contributed by atoms with Gasteiger partial charge in [0, 0.05) is 22.6 Å². The van der Waals surface area contributed by atoms with Crippen molar-refractivity contribution in [3.63, 3.8) is 0 Å². The van der Waals surface area contributed by atoms with Crippen molar-refractivity contribution in [3.05, 3.63) is 64.0 Å². The molecule has 21 heavy (non-hydrogen) atoms. The zero-order valence-electron chi connectivity index (χ0n) is 10.9. The van der Waals surface area contributed by atoms with Gasteiger partial charge >= 0.3 is 0 Å². The van der Waals surface area contributed by atoms with Crippen molar-refractivity contribution in [2.24, 2.45) is 0 Å². The summed E-state index contributed by atoms with van der Waals surface area (Å²) in [5, 5.41) is 14.0. The second-order valence-electron chi connectivity index (χ2n) is 4.60. The molecule has 1 amide bonds. The Morgan fingerprint density at radius 1 is 1.29 bits per heavy atom. The van der Waals surface area contributed by atoms with E-state index in [0.29, 0.717) is 5.57 Å². The lowest BCUT2D eigenvalue weighted by Crippen LogP contribution is -2.56. The first-order valence-corrected chi connectivity index (χ1v) is 7.62. The Kier molecular flexibility index (Phi) is 3.75. The number of amides is 1. The molecule has 4 nitrogen and oxygen atoms in total. The van der Waals surface area contributed by atoms with Crippen LogP contribution in [-0.4, -0.2) is 16.8 Å². The number of thiophene rings is 1. The first-order chi connectivity index (χ1) is 10.2. The Bertz CT molecular complexity index is 734. The first kappa shape index (κ1) is 13.8. The number of pyridine rings is 1. The summed E-state index contributed by atoms with van der Waals surface area (Å²) in [4.78, 5) is 13.6. The molecule has 1 saturated heterocycles. The highest BCUT2D eigenvalue weighted by molar-refractivity contribution is 7.80. The maximum absolute atomic E-state index is 12.4. The lowest BCUT2D eigenvalue weighted by atomic mass is 9.86. The van der Waals surface area contributed by atoms with E-state index in [4.69, 9.17) is 12.2 Å². The molecule has 3 heterocycles. The summed E-state index contributed by atoms with van der Waals surface area (Å²) >= 11 is 6.69. The molecule has 0 aliphatic carbocycles. The Balaban J connectivity index is 2.17. The van der Waals surface area contributed by atoms with Gasteiger partial charge in [-0.15, -0.1) is 11.3 Å². The van der Waals surface area contributed by atoms with Crippen LogP contribution in [0.4, 0.5) is 0 Å². The fraction of sp³-hybridized carbons (Fsp3) is 0.133. The average Bonchev–Trinajstić information content (AvgIpc) is 3.01. The van der Waals surface area contributed by atoms with Crippen LogP contribution >= 0.6 is 23.6 Å². The second kappa shape index (κ2) is 5.69. The number of piperidine rings is 1. The molecule has 0 saturated carbocycles. The monoisotopic (exact) mass is 313 g/mol. The standard InChI is InChI=1S/C15H11N3OS2/c16-9-10-12(11-5-4-8-21-11)13(14(19)17-15(10)20)18-6-2-1-3-7-18/h1-8,12-13H,(H,17,19,20). The van der Waals surface area contributed by atoms with Crippen LogP contribution in [0.25, 0.3) is 5.41 Å². The average molecular weight is 313 g/mol. The molecule has 0 bridgehead atoms. The van der Waals surface area contributed by atoms with E-state index in [1.165, 1.54) is 11.3 Å². The van der Waals surface area contributed by atoms with Gasteiger partial charge in [0.2, 0.25) is 6.04 Å². The van der Waals surface area contributed by atoms with Gasteiger partial charge in [-0.25, -0.2) is 0 Å². The summed E-state index contributed by atoms with van der Waals surface area (Å²) in [6, 6.07) is 8.94. The van der Waals surface area contributed by atoms with Crippen molar-refractivity contribution in [2.45, 2.75) is 12.0 Å². The SMILES string of the molecule is [N-]=C=C1C(=S)NC(=O)C([n+]2ccccc2)C1c1cccs1. The molecule has 0 radical (unpaired) electrons. The Morgan fingerprint density at radius 2 is 2.05 bits per heavy atom. The highest BCUT2D eigenvalue weighted by Gasteiger charge is 2.45. The topological polar surface area (TPSA) is 55.3 Å². The van der Waals surface area contributed by atoms with Crippen LogP contribution in [0.5, 0.6) is 0 Å². The molecule has 3 rings (SSSR count). The predicted octanol–water partition coefficient (Wildman–Crippen LogP) is 1.98. The lowest BCUT2D eigenvalue weighted by molar-refractivity contribution is -0.711. The van der Waals surface area contributed by atoms with Crippen LogP contribution < -0.4 is 9.88 Å². The molecule has 1 aliphatic heterocycles. The van der Waals surface area contributed by atoms with Crippen molar-refractivity contribution in [3.8, 4) is 0 Å². The van der Waals surface area contributed by atoms with Crippen LogP contribution in [0.2, 0.25) is 0 Å². The third-order valence-electron chi connectivity index (χ3n) is 3.41. The molecule has 1 aliphatic rings. The number of rotatable bonds is 2. The summed E-state index contributed by atoms with van der Waals surface area (Å²) in [5.41, 5.74) is 0.438. The molecular weight excluding hydrogens is 302 g/mol. The summed E-state index contributed by atoms with van der Waals surface area (Å²) < 4.78 is 1.82. The maximum atomic E-state index is 12.4. The second-order valence-corrected chi connectivity index (χ2v) is 5.99. The lowest BCUT2D eigenvalue weighted by Gasteiger charge is -2.29. The minimum absolute atomic E-state index is 0.186. The quantitative estimate of drug-likeness (QED) is 0.399. The van der Waals surface area contributed by atoms with Crippen molar-refractivity contribution < 1.29 is 9.36 Å². The predicted molar refractivity (Wildman–Crippen MR) is 85.4 cm³/mol. The minimum Gasteiger partial charge on any atom is -0.763 e. The van der Waals surface area contributed by atoms with E-state index >= 15 is 0 Å². The van der Waals surface area contributed by atoms with E-state index in [-0.39, 0.29) is 16.8 Å². The van der Waals surface area contributed by atoms with E-state index in [1.807, 2.05) is 52.7 Å². The first-order valence-electron chi connectivity index (χ1n) is 6.33. The molecule has 2 unspecified atom stereocenters. The molecule has 0 aromatic carbocycles. The van der Waals surface area contributed by atoms with Gasteiger partial charge in [-0.05, 0) is 11.4 Å². The normalized spacial score (nSPS) is 21.8. The third kappa shape index (κ3) is 2.45. The van der Waals surface area contributed by atoms with Gasteiger partial charge in [-0.2, -0.15) is 4.57 Å². The maximum Gasteiger partial charge on any atom is 0.295 e. The molecule has 0 spiro atoms. The van der Waals surface area contributed by atoms with E-state index in [1.54, 1.807) is 0 Å². The molecule has 6 heteroatoms. The Labute approximate surface area is 131 Å². The fourth-order valence-corrected chi connectivity index (χ4v) is 3.63. The summed E-state index contributed by atoms with van der Waals surface area (Å²) in [6.07, 6.45) is 3.66. The van der Waals surface area contributed by atoms with Crippen molar-refractivity contribution >= 4 is 40.3 Å². The van der Waals surface area contributed by atoms with Crippen LogP contribution in [0.1, 0.15) is 16.8 Å². The Hall–Kier alpha value is -2.14. The van der Waals surface area contributed by atoms with E-state index in [0.717, 1.165) is 4.88 Å². The van der Waals surface area contributed by atoms with Gasteiger partial charge in [0.15, 0.2) is 12.4 Å². The van der Waals surface area contributed by atoms with Crippen LogP contribution in [-0.2, 0) is 4.79 Å². The van der Waals surface area contributed by atoms with Crippen molar-refractivity contribution in [2.75, 3.05) is 0 Å². The smallest absolute Gasteiger partial charge is 0.295 e. The molecule has 104 valence electrons. The van der Waals surface area contributed by atoms with Gasteiger partial charge in [-0.3, -0.25) is 10.7 Å². The number of nitrogens with one attached hydrogen (secondary N) is 1. The molecule has 1 N–H and O–H groups in total. The van der Waals surface area contributed by atoms with Gasteiger partial charge in [0.25, 0.3) is 5.91 Å². The number of nitrogens with zero attached hydrogens (tertiary/aromatic N) is 2. The van der Waals surface area contributed by atoms with E-state index < -0.39 is 6.04 Å². The van der Waals surface area contributed by atoms with Gasteiger partial charge < -0.3 is 10.7 Å². The van der Waals surface area contributed by atoms with E-state index in [9.17, 15) is 10.2 Å². The number of carbonyl (C=O) groups is 1. The van der Waals surface area contributed by atoms with Crippen LogP contribution in [0, 0.1) is 0 Å². The Morgan fingerprint density at radius 3 is 2.67 bits per heavy atom. The number of thiocarbonyl (C=S) groups is 1. The number of hydrogen-bond acceptors (Lipinski definition) is 3. The highest BCUT2D eigenvalue weighted by Crippen LogP contribution is 2.37. The van der Waals surface area contributed by atoms with Gasteiger partial charge in [0.05, 0.1) is 5.92 Å². The van der Waals surface area contributed by atoms with Gasteiger partial charge in [0.1, 0.15) is 4.99 Å². The highest BCUT2D eigenvalue weighted by atomic mass is 32.1. The minimum atomic E-state index is -0.508. The fourth-order valence-electron chi connectivity index (χ4n) is 2.50. The largest absolute Gasteiger partial charge is 0.763 e. The molecule has 2 aromatic heterocycles. The van der Waals surface area contributed by atoms with Gasteiger partial charge in [-0.1, -0.05) is 24.4 Å². The van der Waals surface area contributed by atoms with Crippen molar-refractivity contribution in [1.29, 1.82) is 0 Å². The molecular formula is C15H11N3OS2. The molecule has 2 aromatic rings. The summed E-state index contributed by atoms with van der Waals surface area (Å²) in [6.45, 7) is 0. The van der Waals surface area contributed by atoms with Crippen LogP contribution in [0.15, 0.2) is 53.7 Å². The summed E-state index contributed by atoms with van der Waals surface area (Å²) in [5.74, 6) is 1.64. The number of hydrogen-bond donors (Lipinski definition) is 1. The number of aromatic nitrogens is 1. The molecule has 1 fully saturated rings. The summed E-state index contributed by atoms with van der Waals surface area (Å²) in [7, 11) is 0. The number of carbonyl (C=O) groups excluding carboxylic acids is 1.